The molecule has 1 aromatic carbocycles. The van der Waals surface area contributed by atoms with Crippen LogP contribution in [0.2, 0.25) is 0 Å². The van der Waals surface area contributed by atoms with E-state index in [0.29, 0.717) is 11.3 Å². The third kappa shape index (κ3) is 2.48. The number of hydrogen-bond donors (Lipinski definition) is 2. The summed E-state index contributed by atoms with van der Waals surface area (Å²) in [6.07, 6.45) is 0. The molecule has 0 heterocycles. The molecular weight excluding hydrogens is 184 g/mol. The van der Waals surface area contributed by atoms with E-state index in [1.54, 1.807) is 18.2 Å². The molecule has 0 aliphatic carbocycles. The van der Waals surface area contributed by atoms with Gasteiger partial charge in [-0.15, -0.1) is 0 Å². The molecule has 0 aromatic heterocycles. The molecule has 3 N–H and O–H groups in total. The molecule has 0 aliphatic rings. The van der Waals surface area contributed by atoms with Gasteiger partial charge in [0, 0.05) is 5.56 Å². The fourth-order valence-electron chi connectivity index (χ4n) is 0.948. The molecule has 1 aromatic rings. The van der Waals surface area contributed by atoms with Crippen molar-refractivity contribution in [3.8, 4) is 5.75 Å². The van der Waals surface area contributed by atoms with E-state index in [1.807, 2.05) is 5.32 Å². The highest BCUT2D eigenvalue weighted by molar-refractivity contribution is 6.03. The van der Waals surface area contributed by atoms with Gasteiger partial charge in [0.2, 0.25) is 0 Å². The van der Waals surface area contributed by atoms with Gasteiger partial charge < -0.3 is 10.5 Å². The van der Waals surface area contributed by atoms with Crippen molar-refractivity contribution in [3.05, 3.63) is 29.8 Å². The van der Waals surface area contributed by atoms with Crippen molar-refractivity contribution in [1.82, 2.24) is 5.32 Å². The Labute approximate surface area is 80.9 Å². The minimum atomic E-state index is -0.877. The van der Waals surface area contributed by atoms with Gasteiger partial charge in [0.05, 0.1) is 7.11 Å². The van der Waals surface area contributed by atoms with Crippen molar-refractivity contribution in [2.45, 2.75) is 0 Å². The van der Waals surface area contributed by atoms with E-state index in [9.17, 15) is 9.59 Å². The van der Waals surface area contributed by atoms with Crippen LogP contribution in [0.4, 0.5) is 4.79 Å². The van der Waals surface area contributed by atoms with Crippen molar-refractivity contribution < 1.29 is 14.3 Å². The van der Waals surface area contributed by atoms with Crippen LogP contribution in [0.1, 0.15) is 10.4 Å². The van der Waals surface area contributed by atoms with E-state index in [1.165, 1.54) is 13.2 Å². The molecular formula is C9H10N2O3. The maximum atomic E-state index is 11.3. The second-order valence-electron chi connectivity index (χ2n) is 2.55. The average molecular weight is 194 g/mol. The first-order valence-corrected chi connectivity index (χ1v) is 3.88. The molecule has 5 nitrogen and oxygen atoms in total. The van der Waals surface area contributed by atoms with Crippen molar-refractivity contribution >= 4 is 11.9 Å². The summed E-state index contributed by atoms with van der Waals surface area (Å²) in [5.74, 6) is -0.00137. The lowest BCUT2D eigenvalue weighted by Gasteiger charge is -2.03. The molecule has 0 atom stereocenters. The quantitative estimate of drug-likeness (QED) is 0.719. The first-order valence-electron chi connectivity index (χ1n) is 3.88. The smallest absolute Gasteiger partial charge is 0.319 e. The van der Waals surface area contributed by atoms with Crippen molar-refractivity contribution in [1.29, 1.82) is 0 Å². The number of rotatable bonds is 2. The Kier molecular flexibility index (Phi) is 3.06. The summed E-state index contributed by atoms with van der Waals surface area (Å²) in [4.78, 5) is 21.7. The zero-order valence-electron chi connectivity index (χ0n) is 7.61. The number of nitrogens with one attached hydrogen (secondary N) is 1. The second kappa shape index (κ2) is 4.27. The van der Waals surface area contributed by atoms with Crippen molar-refractivity contribution in [3.63, 3.8) is 0 Å². The van der Waals surface area contributed by atoms with E-state index >= 15 is 0 Å². The summed E-state index contributed by atoms with van der Waals surface area (Å²) < 4.78 is 4.91. The fourth-order valence-corrected chi connectivity index (χ4v) is 0.948. The molecule has 0 bridgehead atoms. The predicted molar refractivity (Wildman–Crippen MR) is 50.0 cm³/mol. The van der Waals surface area contributed by atoms with Crippen LogP contribution in [-0.2, 0) is 0 Å². The highest BCUT2D eigenvalue weighted by Gasteiger charge is 2.07. The number of methoxy groups -OCH3 is 1. The summed E-state index contributed by atoms with van der Waals surface area (Å²) in [5.41, 5.74) is 5.12. The average Bonchev–Trinajstić information content (AvgIpc) is 2.17. The van der Waals surface area contributed by atoms with Gasteiger partial charge in [-0.25, -0.2) is 4.79 Å². The minimum absolute atomic E-state index is 0.322. The summed E-state index contributed by atoms with van der Waals surface area (Å²) >= 11 is 0. The van der Waals surface area contributed by atoms with Crippen LogP contribution in [0.3, 0.4) is 0 Å². The fraction of sp³-hybridized carbons (Fsp3) is 0.111. The Morgan fingerprint density at radius 3 is 2.71 bits per heavy atom. The lowest BCUT2D eigenvalue weighted by atomic mass is 10.2. The van der Waals surface area contributed by atoms with Crippen LogP contribution >= 0.6 is 0 Å². The van der Waals surface area contributed by atoms with Gasteiger partial charge in [-0.1, -0.05) is 6.07 Å². The van der Waals surface area contributed by atoms with E-state index < -0.39 is 11.9 Å². The number of ether oxygens (including phenoxy) is 1. The Balaban J connectivity index is 2.84. The van der Waals surface area contributed by atoms with Gasteiger partial charge in [-0.05, 0) is 18.2 Å². The second-order valence-corrected chi connectivity index (χ2v) is 2.55. The highest BCUT2D eigenvalue weighted by atomic mass is 16.5. The number of primary amides is 1. The Morgan fingerprint density at radius 1 is 1.43 bits per heavy atom. The summed E-state index contributed by atoms with van der Waals surface area (Å²) in [5, 5.41) is 1.95. The first kappa shape index (κ1) is 10.0. The van der Waals surface area contributed by atoms with E-state index in [4.69, 9.17) is 10.5 Å². The zero-order valence-corrected chi connectivity index (χ0v) is 7.61. The van der Waals surface area contributed by atoms with Crippen LogP contribution in [0.15, 0.2) is 24.3 Å². The van der Waals surface area contributed by atoms with Crippen LogP contribution in [0, 0.1) is 0 Å². The third-order valence-corrected chi connectivity index (χ3v) is 1.57. The first-order chi connectivity index (χ1) is 6.63. The zero-order chi connectivity index (χ0) is 10.6. The molecule has 5 heteroatoms. The maximum absolute atomic E-state index is 11.3. The van der Waals surface area contributed by atoms with E-state index in [-0.39, 0.29) is 0 Å². The molecule has 0 spiro atoms. The Hall–Kier alpha value is -2.04. The molecule has 14 heavy (non-hydrogen) atoms. The van der Waals surface area contributed by atoms with Crippen LogP contribution in [0.5, 0.6) is 5.75 Å². The standard InChI is InChI=1S/C9H10N2O3/c1-14-7-4-2-3-6(5-7)8(12)11-9(10)13/h2-5H,1H3,(H3,10,11,12,13). The molecule has 0 aliphatic heterocycles. The van der Waals surface area contributed by atoms with E-state index in [2.05, 4.69) is 0 Å². The molecule has 0 radical (unpaired) electrons. The number of hydrogen-bond acceptors (Lipinski definition) is 3. The lowest BCUT2D eigenvalue weighted by Crippen LogP contribution is -2.34. The molecule has 0 unspecified atom stereocenters. The van der Waals surface area contributed by atoms with E-state index in [0.717, 1.165) is 0 Å². The number of carbonyl (C=O) groups excluding carboxylic acids is 2. The largest absolute Gasteiger partial charge is 0.497 e. The topological polar surface area (TPSA) is 81.4 Å². The van der Waals surface area contributed by atoms with Gasteiger partial charge in [0.1, 0.15) is 5.75 Å². The SMILES string of the molecule is COc1cccc(C(=O)NC(N)=O)c1. The predicted octanol–water partition coefficient (Wildman–Crippen LogP) is 0.504. The lowest BCUT2D eigenvalue weighted by molar-refractivity contribution is 0.0966. The van der Waals surface area contributed by atoms with Gasteiger partial charge in [0.25, 0.3) is 5.91 Å². The van der Waals surface area contributed by atoms with Crippen molar-refractivity contribution in [2.24, 2.45) is 5.73 Å². The summed E-state index contributed by atoms with van der Waals surface area (Å²) in [6.45, 7) is 0. The molecule has 0 saturated heterocycles. The Bertz CT molecular complexity index is 363. The number of amides is 3. The maximum Gasteiger partial charge on any atom is 0.319 e. The van der Waals surface area contributed by atoms with Crippen LogP contribution in [-0.4, -0.2) is 19.0 Å². The number of urea groups is 1. The number of imide groups is 1. The van der Waals surface area contributed by atoms with Gasteiger partial charge in [-0.3, -0.25) is 10.1 Å². The molecule has 0 fully saturated rings. The number of carbonyl (C=O) groups is 2. The third-order valence-electron chi connectivity index (χ3n) is 1.57. The highest BCUT2D eigenvalue weighted by Crippen LogP contribution is 2.11. The van der Waals surface area contributed by atoms with Crippen LogP contribution < -0.4 is 15.8 Å². The summed E-state index contributed by atoms with van der Waals surface area (Å²) in [6, 6.07) is 5.53. The molecule has 0 saturated carbocycles. The minimum Gasteiger partial charge on any atom is -0.497 e. The van der Waals surface area contributed by atoms with Gasteiger partial charge >= 0.3 is 6.03 Å². The summed E-state index contributed by atoms with van der Waals surface area (Å²) in [7, 11) is 1.49. The molecule has 74 valence electrons. The number of nitrogens with two attached hydrogens (primary N) is 1. The monoisotopic (exact) mass is 194 g/mol. The molecule has 3 amide bonds. The van der Waals surface area contributed by atoms with Gasteiger partial charge in [0.15, 0.2) is 0 Å². The normalized spacial score (nSPS) is 9.21. The molecule has 1 rings (SSSR count). The Morgan fingerprint density at radius 2 is 2.14 bits per heavy atom. The van der Waals surface area contributed by atoms with Crippen LogP contribution in [0.25, 0.3) is 0 Å². The van der Waals surface area contributed by atoms with Crippen molar-refractivity contribution in [2.75, 3.05) is 7.11 Å². The number of benzene rings is 1. The van der Waals surface area contributed by atoms with Gasteiger partial charge in [-0.2, -0.15) is 0 Å².